The minimum absolute atomic E-state index is 0.241. The van der Waals surface area contributed by atoms with Gasteiger partial charge in [0.2, 0.25) is 0 Å². The van der Waals surface area contributed by atoms with E-state index >= 15 is 0 Å². The van der Waals surface area contributed by atoms with E-state index < -0.39 is 5.91 Å². The second kappa shape index (κ2) is 9.16. The van der Waals surface area contributed by atoms with Gasteiger partial charge in [-0.1, -0.05) is 59.6 Å². The summed E-state index contributed by atoms with van der Waals surface area (Å²) in [6.07, 6.45) is 1.67. The molecule has 2 aromatic carbocycles. The topological polar surface area (TPSA) is 63.6 Å². The normalized spacial score (nSPS) is 11.1. The van der Waals surface area contributed by atoms with E-state index in [1.165, 1.54) is 0 Å². The Balaban J connectivity index is 1.71. The van der Waals surface area contributed by atoms with E-state index in [0.717, 1.165) is 5.56 Å². The van der Waals surface area contributed by atoms with Crippen molar-refractivity contribution in [2.45, 2.75) is 0 Å². The number of aromatic nitrogens is 1. The van der Waals surface area contributed by atoms with Gasteiger partial charge in [-0.3, -0.25) is 9.78 Å². The van der Waals surface area contributed by atoms with Crippen LogP contribution in [0.1, 0.15) is 11.3 Å². The van der Waals surface area contributed by atoms with Gasteiger partial charge in [-0.15, -0.1) is 0 Å². The molecular weight excluding hydrogens is 385 g/mol. The molecule has 0 aliphatic carbocycles. The van der Waals surface area contributed by atoms with Crippen LogP contribution in [-0.4, -0.2) is 23.2 Å². The SMILES string of the molecule is O=C(COc1ccc(Cl)cc1Cl)N/N=C(\c1ccccc1)c1ccccn1. The van der Waals surface area contributed by atoms with Crippen LogP contribution >= 0.6 is 23.2 Å². The number of carbonyl (C=O) groups is 1. The summed E-state index contributed by atoms with van der Waals surface area (Å²) in [6.45, 7) is -0.241. The number of hydrogen-bond donors (Lipinski definition) is 1. The first-order valence-corrected chi connectivity index (χ1v) is 8.80. The molecule has 5 nitrogen and oxygen atoms in total. The largest absolute Gasteiger partial charge is 0.482 e. The average molecular weight is 400 g/mol. The summed E-state index contributed by atoms with van der Waals surface area (Å²) in [4.78, 5) is 16.4. The lowest BCUT2D eigenvalue weighted by atomic mass is 10.1. The Morgan fingerprint density at radius 1 is 1.04 bits per heavy atom. The van der Waals surface area contributed by atoms with Gasteiger partial charge in [0, 0.05) is 16.8 Å². The van der Waals surface area contributed by atoms with Crippen LogP contribution in [0.2, 0.25) is 10.0 Å². The molecule has 0 unspecified atom stereocenters. The number of halogens is 2. The quantitative estimate of drug-likeness (QED) is 0.495. The molecule has 3 aromatic rings. The van der Waals surface area contributed by atoms with Crippen molar-refractivity contribution in [2.24, 2.45) is 5.10 Å². The maximum absolute atomic E-state index is 12.1. The highest BCUT2D eigenvalue weighted by Crippen LogP contribution is 2.27. The number of nitrogens with zero attached hydrogens (tertiary/aromatic N) is 2. The van der Waals surface area contributed by atoms with Crippen LogP contribution in [0.3, 0.4) is 0 Å². The fourth-order valence-electron chi connectivity index (χ4n) is 2.25. The monoisotopic (exact) mass is 399 g/mol. The number of rotatable bonds is 6. The van der Waals surface area contributed by atoms with Crippen molar-refractivity contribution in [2.75, 3.05) is 6.61 Å². The molecule has 0 spiro atoms. The van der Waals surface area contributed by atoms with Crippen LogP contribution in [-0.2, 0) is 4.79 Å². The van der Waals surface area contributed by atoms with Crippen molar-refractivity contribution >= 4 is 34.8 Å². The van der Waals surface area contributed by atoms with Crippen LogP contribution in [0.25, 0.3) is 0 Å². The van der Waals surface area contributed by atoms with Crippen LogP contribution in [0.5, 0.6) is 5.75 Å². The maximum Gasteiger partial charge on any atom is 0.277 e. The lowest BCUT2D eigenvalue weighted by molar-refractivity contribution is -0.123. The van der Waals surface area contributed by atoms with Crippen LogP contribution in [0.15, 0.2) is 78.0 Å². The number of nitrogens with one attached hydrogen (secondary N) is 1. The number of pyridine rings is 1. The molecule has 1 aromatic heterocycles. The van der Waals surface area contributed by atoms with Gasteiger partial charge in [-0.2, -0.15) is 5.10 Å². The Morgan fingerprint density at radius 2 is 1.81 bits per heavy atom. The number of benzene rings is 2. The van der Waals surface area contributed by atoms with Crippen LogP contribution in [0, 0.1) is 0 Å². The summed E-state index contributed by atoms with van der Waals surface area (Å²) in [5, 5.41) is 5.05. The summed E-state index contributed by atoms with van der Waals surface area (Å²) in [5.41, 5.74) is 4.52. The van der Waals surface area contributed by atoms with Gasteiger partial charge in [0.05, 0.1) is 10.7 Å². The zero-order valence-electron chi connectivity index (χ0n) is 14.1. The van der Waals surface area contributed by atoms with Crippen molar-refractivity contribution in [1.29, 1.82) is 0 Å². The minimum Gasteiger partial charge on any atom is -0.482 e. The molecule has 1 N–H and O–H groups in total. The zero-order valence-corrected chi connectivity index (χ0v) is 15.6. The predicted molar refractivity (Wildman–Crippen MR) is 106 cm³/mol. The van der Waals surface area contributed by atoms with E-state index in [4.69, 9.17) is 27.9 Å². The Kier molecular flexibility index (Phi) is 6.41. The molecule has 0 atom stereocenters. The molecule has 0 saturated heterocycles. The van der Waals surface area contributed by atoms with Crippen LogP contribution < -0.4 is 10.2 Å². The molecule has 136 valence electrons. The van der Waals surface area contributed by atoms with E-state index in [9.17, 15) is 4.79 Å². The summed E-state index contributed by atoms with van der Waals surface area (Å²) < 4.78 is 5.41. The smallest absolute Gasteiger partial charge is 0.277 e. The molecule has 0 aliphatic rings. The molecule has 27 heavy (non-hydrogen) atoms. The molecule has 1 heterocycles. The summed E-state index contributed by atoms with van der Waals surface area (Å²) in [5.74, 6) is -0.0569. The van der Waals surface area contributed by atoms with E-state index in [0.29, 0.717) is 27.2 Å². The van der Waals surface area contributed by atoms with E-state index in [-0.39, 0.29) is 6.61 Å². The highest BCUT2D eigenvalue weighted by atomic mass is 35.5. The molecule has 0 aliphatic heterocycles. The second-order valence-corrected chi connectivity index (χ2v) is 6.28. The fraction of sp³-hybridized carbons (Fsp3) is 0.0500. The molecule has 0 bridgehead atoms. The Labute approximate surface area is 166 Å². The highest BCUT2D eigenvalue weighted by molar-refractivity contribution is 6.35. The van der Waals surface area contributed by atoms with Gasteiger partial charge in [-0.05, 0) is 30.3 Å². The first kappa shape index (κ1) is 18.9. The van der Waals surface area contributed by atoms with Gasteiger partial charge < -0.3 is 4.74 Å². The number of ether oxygens (including phenoxy) is 1. The zero-order chi connectivity index (χ0) is 19.1. The van der Waals surface area contributed by atoms with Gasteiger partial charge in [-0.25, -0.2) is 5.43 Å². The average Bonchev–Trinajstić information content (AvgIpc) is 2.69. The fourth-order valence-corrected chi connectivity index (χ4v) is 2.72. The third kappa shape index (κ3) is 5.29. The van der Waals surface area contributed by atoms with Crippen molar-refractivity contribution in [1.82, 2.24) is 10.4 Å². The molecule has 1 amide bonds. The van der Waals surface area contributed by atoms with Crippen molar-refractivity contribution in [3.05, 3.63) is 94.2 Å². The predicted octanol–water partition coefficient (Wildman–Crippen LogP) is 4.34. The van der Waals surface area contributed by atoms with Crippen molar-refractivity contribution in [3.8, 4) is 5.75 Å². The number of carbonyl (C=O) groups excluding carboxylic acids is 1. The molecule has 3 rings (SSSR count). The highest BCUT2D eigenvalue weighted by Gasteiger charge is 2.10. The first-order chi connectivity index (χ1) is 13.1. The Bertz CT molecular complexity index is 906. The number of hydrogen-bond acceptors (Lipinski definition) is 4. The first-order valence-electron chi connectivity index (χ1n) is 8.04. The van der Waals surface area contributed by atoms with Gasteiger partial charge >= 0.3 is 0 Å². The third-order valence-electron chi connectivity index (χ3n) is 3.50. The van der Waals surface area contributed by atoms with E-state index in [2.05, 4.69) is 15.5 Å². The van der Waals surface area contributed by atoms with E-state index in [1.54, 1.807) is 24.4 Å². The third-order valence-corrected chi connectivity index (χ3v) is 4.03. The van der Waals surface area contributed by atoms with Gasteiger partial charge in [0.25, 0.3) is 5.91 Å². The van der Waals surface area contributed by atoms with Crippen LogP contribution in [0.4, 0.5) is 0 Å². The van der Waals surface area contributed by atoms with Gasteiger partial charge in [0.15, 0.2) is 6.61 Å². The maximum atomic E-state index is 12.1. The lowest BCUT2D eigenvalue weighted by Crippen LogP contribution is -2.26. The Morgan fingerprint density at radius 3 is 2.52 bits per heavy atom. The molecule has 0 radical (unpaired) electrons. The minimum atomic E-state index is -0.426. The molecule has 0 fully saturated rings. The van der Waals surface area contributed by atoms with Crippen molar-refractivity contribution < 1.29 is 9.53 Å². The molecule has 7 heteroatoms. The number of amides is 1. The Hall–Kier alpha value is -2.89. The standard InChI is InChI=1S/C20H15Cl2N3O2/c21-15-9-10-18(16(22)12-15)27-13-19(26)24-25-20(14-6-2-1-3-7-14)17-8-4-5-11-23-17/h1-12H,13H2,(H,24,26)/b25-20+. The van der Waals surface area contributed by atoms with Gasteiger partial charge in [0.1, 0.15) is 11.5 Å². The molecular formula is C20H15Cl2N3O2. The molecule has 0 saturated carbocycles. The second-order valence-electron chi connectivity index (χ2n) is 5.44. The summed E-state index contributed by atoms with van der Waals surface area (Å²) in [6, 6.07) is 19.7. The summed E-state index contributed by atoms with van der Waals surface area (Å²) in [7, 11) is 0. The van der Waals surface area contributed by atoms with Crippen molar-refractivity contribution in [3.63, 3.8) is 0 Å². The summed E-state index contributed by atoms with van der Waals surface area (Å²) >= 11 is 11.9. The lowest BCUT2D eigenvalue weighted by Gasteiger charge is -2.09. The number of hydrazone groups is 1. The van der Waals surface area contributed by atoms with E-state index in [1.807, 2.05) is 48.5 Å².